The van der Waals surface area contributed by atoms with Crippen LogP contribution in [0.2, 0.25) is 10.0 Å². The molecule has 1 fully saturated rings. The molecule has 10 heteroatoms. The summed E-state index contributed by atoms with van der Waals surface area (Å²) in [6, 6.07) is 4.50. The van der Waals surface area contributed by atoms with E-state index in [1.165, 1.54) is 18.2 Å². The molecule has 8 nitrogen and oxygen atoms in total. The van der Waals surface area contributed by atoms with Gasteiger partial charge in [-0.25, -0.2) is 0 Å². The van der Waals surface area contributed by atoms with Gasteiger partial charge in [0.15, 0.2) is 6.61 Å². The van der Waals surface area contributed by atoms with Crippen LogP contribution in [0.3, 0.4) is 0 Å². The van der Waals surface area contributed by atoms with Crippen LogP contribution in [0.25, 0.3) is 0 Å². The number of benzene rings is 1. The van der Waals surface area contributed by atoms with Crippen LogP contribution in [0.5, 0.6) is 0 Å². The van der Waals surface area contributed by atoms with Crippen LogP contribution >= 0.6 is 23.2 Å². The second-order valence-electron chi connectivity index (χ2n) is 6.47. The van der Waals surface area contributed by atoms with Crippen molar-refractivity contribution in [2.45, 2.75) is 19.8 Å². The Morgan fingerprint density at radius 2 is 2.07 bits per heavy atom. The molecule has 0 aromatic heterocycles. The van der Waals surface area contributed by atoms with Crippen molar-refractivity contribution in [3.63, 3.8) is 0 Å². The lowest BCUT2D eigenvalue weighted by Crippen LogP contribution is -2.28. The lowest BCUT2D eigenvalue weighted by molar-refractivity contribution is -0.490. The zero-order valence-electron chi connectivity index (χ0n) is 14.4. The maximum Gasteiger partial charge on any atom is 0.307 e. The lowest BCUT2D eigenvalue weighted by atomic mass is 9.88. The summed E-state index contributed by atoms with van der Waals surface area (Å²) in [4.78, 5) is 46.2. The molecule has 1 aromatic carbocycles. The van der Waals surface area contributed by atoms with Gasteiger partial charge in [0.2, 0.25) is 6.54 Å². The number of ketones is 1. The fourth-order valence-electron chi connectivity index (χ4n) is 3.16. The number of hydrogen-bond donors (Lipinski definition) is 1. The first-order valence-corrected chi connectivity index (χ1v) is 8.98. The number of amides is 1. The van der Waals surface area contributed by atoms with E-state index >= 15 is 0 Å². The van der Waals surface area contributed by atoms with Gasteiger partial charge in [0.25, 0.3) is 5.91 Å². The highest BCUT2D eigenvalue weighted by Crippen LogP contribution is 2.36. The van der Waals surface area contributed by atoms with E-state index in [2.05, 4.69) is 5.32 Å². The van der Waals surface area contributed by atoms with Crippen molar-refractivity contribution < 1.29 is 24.0 Å². The number of halogens is 2. The van der Waals surface area contributed by atoms with Gasteiger partial charge in [-0.15, -0.1) is 0 Å². The summed E-state index contributed by atoms with van der Waals surface area (Å²) in [7, 11) is 0. The van der Waals surface area contributed by atoms with Gasteiger partial charge >= 0.3 is 5.97 Å². The average molecular weight is 417 g/mol. The highest BCUT2D eigenvalue weighted by atomic mass is 35.5. The second kappa shape index (κ2) is 9.14. The number of carbonyl (C=O) groups is 3. The first-order chi connectivity index (χ1) is 12.7. The highest BCUT2D eigenvalue weighted by molar-refractivity contribution is 6.36. The summed E-state index contributed by atoms with van der Waals surface area (Å²) in [6.45, 7) is 0.815. The second-order valence-corrected chi connectivity index (χ2v) is 7.31. The van der Waals surface area contributed by atoms with E-state index in [0.717, 1.165) is 0 Å². The van der Waals surface area contributed by atoms with Crippen molar-refractivity contribution in [3.05, 3.63) is 38.4 Å². The number of nitrogens with one attached hydrogen (secondary N) is 1. The monoisotopic (exact) mass is 416 g/mol. The van der Waals surface area contributed by atoms with Crippen molar-refractivity contribution in [1.82, 2.24) is 0 Å². The highest BCUT2D eigenvalue weighted by Gasteiger charge is 2.44. The summed E-state index contributed by atoms with van der Waals surface area (Å²) in [5.74, 6) is -3.00. The van der Waals surface area contributed by atoms with E-state index in [9.17, 15) is 24.5 Å². The molecule has 0 aliphatic heterocycles. The van der Waals surface area contributed by atoms with Crippen molar-refractivity contribution >= 4 is 46.5 Å². The van der Waals surface area contributed by atoms with Crippen LogP contribution in [-0.4, -0.2) is 35.7 Å². The Kier molecular flexibility index (Phi) is 7.15. The Balaban J connectivity index is 1.86. The summed E-state index contributed by atoms with van der Waals surface area (Å²) in [6.07, 6.45) is -0.0807. The molecule has 1 amide bonds. The quantitative estimate of drug-likeness (QED) is 0.414. The van der Waals surface area contributed by atoms with Gasteiger partial charge in [0, 0.05) is 28.2 Å². The molecule has 0 radical (unpaired) electrons. The Morgan fingerprint density at radius 1 is 1.37 bits per heavy atom. The minimum absolute atomic E-state index is 0.170. The lowest BCUT2D eigenvalue weighted by Gasteiger charge is -2.17. The number of carbonyl (C=O) groups excluding carboxylic acids is 3. The summed E-state index contributed by atoms with van der Waals surface area (Å²) in [5, 5.41) is 13.9. The molecule has 2 rings (SSSR count). The van der Waals surface area contributed by atoms with E-state index in [1.54, 1.807) is 6.92 Å². The Bertz CT molecular complexity index is 770. The molecule has 27 heavy (non-hydrogen) atoms. The average Bonchev–Trinajstić information content (AvgIpc) is 2.82. The van der Waals surface area contributed by atoms with Gasteiger partial charge in [-0.3, -0.25) is 24.5 Å². The van der Waals surface area contributed by atoms with E-state index in [1.807, 2.05) is 0 Å². The molecule has 0 unspecified atom stereocenters. The Labute approximate surface area is 165 Å². The Hall–Kier alpha value is -2.19. The minimum atomic E-state index is -0.758. The molecule has 0 heterocycles. The van der Waals surface area contributed by atoms with E-state index < -0.39 is 35.2 Å². The normalized spacial score (nSPS) is 21.7. The van der Waals surface area contributed by atoms with E-state index in [4.69, 9.17) is 27.9 Å². The SMILES string of the molecule is C[C@@H]1CC(=O)[C@@H](CC(=O)OCC(=O)Nc2ccc(Cl)cc2Cl)[C@@H]1C[N+](=O)[O-]. The van der Waals surface area contributed by atoms with Gasteiger partial charge < -0.3 is 10.1 Å². The number of hydrogen-bond acceptors (Lipinski definition) is 6. The Morgan fingerprint density at radius 3 is 2.70 bits per heavy atom. The topological polar surface area (TPSA) is 116 Å². The number of anilines is 1. The number of esters is 1. The summed E-state index contributed by atoms with van der Waals surface area (Å²) >= 11 is 11.7. The number of nitro groups is 1. The molecule has 1 aliphatic carbocycles. The standard InChI is InChI=1S/C17H18Cl2N2O6/c1-9-4-15(22)11(12(9)7-21(25)26)6-17(24)27-8-16(23)20-14-3-2-10(18)5-13(14)19/h2-3,5,9,11-12H,4,6-8H2,1H3,(H,20,23)/t9-,11+,12-/m1/s1. The number of ether oxygens (including phenoxy) is 1. The molecule has 1 saturated carbocycles. The van der Waals surface area contributed by atoms with Gasteiger partial charge in [-0.2, -0.15) is 0 Å². The zero-order valence-corrected chi connectivity index (χ0v) is 16.0. The number of Topliss-reactive ketones (excluding diaryl/α,β-unsaturated/α-hetero) is 1. The van der Waals surface area contributed by atoms with Gasteiger partial charge in [0.1, 0.15) is 5.78 Å². The van der Waals surface area contributed by atoms with Crippen molar-refractivity contribution in [2.24, 2.45) is 17.8 Å². The fourth-order valence-corrected chi connectivity index (χ4v) is 3.62. The molecule has 1 aromatic rings. The molecule has 1 N–H and O–H groups in total. The molecule has 0 bridgehead atoms. The van der Waals surface area contributed by atoms with Crippen LogP contribution in [0.1, 0.15) is 19.8 Å². The summed E-state index contributed by atoms with van der Waals surface area (Å²) < 4.78 is 4.90. The maximum atomic E-state index is 12.0. The zero-order chi connectivity index (χ0) is 20.1. The van der Waals surface area contributed by atoms with Crippen LogP contribution in [0.15, 0.2) is 18.2 Å². The molecular weight excluding hydrogens is 399 g/mol. The van der Waals surface area contributed by atoms with E-state index in [-0.39, 0.29) is 36.1 Å². The van der Waals surface area contributed by atoms with Crippen molar-refractivity contribution in [2.75, 3.05) is 18.5 Å². The van der Waals surface area contributed by atoms with Gasteiger partial charge in [-0.1, -0.05) is 30.1 Å². The first kappa shape index (κ1) is 21.1. The molecule has 146 valence electrons. The van der Waals surface area contributed by atoms with Gasteiger partial charge in [0.05, 0.1) is 17.1 Å². The smallest absolute Gasteiger partial charge is 0.307 e. The number of rotatable bonds is 7. The van der Waals surface area contributed by atoms with Gasteiger partial charge in [-0.05, 0) is 24.1 Å². The molecule has 1 aliphatic rings. The molecule has 0 saturated heterocycles. The molecular formula is C17H18Cl2N2O6. The fraction of sp³-hybridized carbons (Fsp3) is 0.471. The third-order valence-corrected chi connectivity index (χ3v) is 5.05. The third kappa shape index (κ3) is 5.90. The van der Waals surface area contributed by atoms with Crippen molar-refractivity contribution in [3.8, 4) is 0 Å². The predicted octanol–water partition coefficient (Wildman–Crippen LogP) is 2.98. The molecule has 3 atom stereocenters. The molecule has 0 spiro atoms. The summed E-state index contributed by atoms with van der Waals surface area (Å²) in [5.41, 5.74) is 0.313. The van der Waals surface area contributed by atoms with E-state index in [0.29, 0.717) is 10.7 Å². The van der Waals surface area contributed by atoms with Crippen LogP contribution in [-0.2, 0) is 19.1 Å². The third-order valence-electron chi connectivity index (χ3n) is 4.50. The predicted molar refractivity (Wildman–Crippen MR) is 98.3 cm³/mol. The maximum absolute atomic E-state index is 12.0. The number of nitrogens with zero attached hydrogens (tertiary/aromatic N) is 1. The van der Waals surface area contributed by atoms with Crippen molar-refractivity contribution in [1.29, 1.82) is 0 Å². The largest absolute Gasteiger partial charge is 0.456 e. The van der Waals surface area contributed by atoms with Crippen LogP contribution < -0.4 is 5.32 Å². The minimum Gasteiger partial charge on any atom is -0.456 e. The first-order valence-electron chi connectivity index (χ1n) is 8.22. The van der Waals surface area contributed by atoms with Crippen LogP contribution in [0, 0.1) is 27.9 Å². The van der Waals surface area contributed by atoms with Crippen LogP contribution in [0.4, 0.5) is 5.69 Å².